The van der Waals surface area contributed by atoms with E-state index in [2.05, 4.69) is 0 Å². The van der Waals surface area contributed by atoms with Crippen molar-refractivity contribution < 1.29 is 19.1 Å². The van der Waals surface area contributed by atoms with Crippen LogP contribution in [0.2, 0.25) is 0 Å². The zero-order chi connectivity index (χ0) is 19.4. The highest BCUT2D eigenvalue weighted by atomic mass is 16.6. The van der Waals surface area contributed by atoms with E-state index in [9.17, 15) is 9.59 Å². The van der Waals surface area contributed by atoms with Gasteiger partial charge in [0.2, 0.25) is 0 Å². The van der Waals surface area contributed by atoms with E-state index >= 15 is 0 Å². The van der Waals surface area contributed by atoms with Crippen LogP contribution in [0.1, 0.15) is 31.9 Å². The lowest BCUT2D eigenvalue weighted by molar-refractivity contribution is -0.144. The van der Waals surface area contributed by atoms with Gasteiger partial charge in [-0.15, -0.1) is 0 Å². The second-order valence-corrected chi connectivity index (χ2v) is 7.34. The van der Waals surface area contributed by atoms with Crippen LogP contribution in [-0.2, 0) is 27.3 Å². The van der Waals surface area contributed by atoms with Gasteiger partial charge in [-0.25, -0.2) is 4.79 Å². The molecule has 5 nitrogen and oxygen atoms in total. The molecule has 0 fully saturated rings. The van der Waals surface area contributed by atoms with Gasteiger partial charge in [-0.1, -0.05) is 48.5 Å². The fraction of sp³-hybridized carbons (Fsp3) is 0.273. The first kappa shape index (κ1) is 18.7. The number of nitrogens with zero attached hydrogens (tertiary/aromatic N) is 1. The largest absolute Gasteiger partial charge is 0.461 e. The van der Waals surface area contributed by atoms with Gasteiger partial charge in [0.1, 0.15) is 12.2 Å². The van der Waals surface area contributed by atoms with Gasteiger partial charge in [-0.2, -0.15) is 0 Å². The summed E-state index contributed by atoms with van der Waals surface area (Å²) >= 11 is 0. The molecule has 3 rings (SSSR count). The molecule has 27 heavy (non-hydrogen) atoms. The number of hydrogen-bond acceptors (Lipinski definition) is 4. The third kappa shape index (κ3) is 4.76. The topological polar surface area (TPSA) is 57.5 Å². The van der Waals surface area contributed by atoms with Crippen molar-refractivity contribution in [3.63, 3.8) is 0 Å². The van der Waals surface area contributed by atoms with Gasteiger partial charge in [-0.05, 0) is 38.0 Å². The summed E-state index contributed by atoms with van der Waals surface area (Å²) in [5.74, 6) is -0.342. The first-order valence-corrected chi connectivity index (χ1v) is 8.85. The molecule has 0 saturated carbocycles. The molecule has 5 heteroatoms. The van der Waals surface area contributed by atoms with Crippen molar-refractivity contribution >= 4 is 23.0 Å². The van der Waals surface area contributed by atoms with Crippen LogP contribution in [-0.4, -0.2) is 22.2 Å². The Kier molecular flexibility index (Phi) is 5.31. The van der Waals surface area contributed by atoms with Crippen LogP contribution < -0.4 is 0 Å². The van der Waals surface area contributed by atoms with Gasteiger partial charge >= 0.3 is 12.1 Å². The number of para-hydroxylation sites is 1. The first-order valence-electron chi connectivity index (χ1n) is 8.85. The van der Waals surface area contributed by atoms with Gasteiger partial charge in [0.25, 0.3) is 0 Å². The second-order valence-electron chi connectivity index (χ2n) is 7.34. The standard InChI is InChI=1S/C22H23NO4/c1-22(2,3)27-21(25)23-14-17(18-11-7-8-12-19(18)23)13-20(24)26-15-16-9-5-4-6-10-16/h4-12,14H,13,15H2,1-3H3. The van der Waals surface area contributed by atoms with Gasteiger partial charge in [-0.3, -0.25) is 9.36 Å². The van der Waals surface area contributed by atoms with Crippen LogP contribution in [0.3, 0.4) is 0 Å². The maximum Gasteiger partial charge on any atom is 0.419 e. The average molecular weight is 365 g/mol. The number of hydrogen-bond donors (Lipinski definition) is 0. The van der Waals surface area contributed by atoms with Crippen LogP contribution in [0.4, 0.5) is 4.79 Å². The van der Waals surface area contributed by atoms with E-state index in [1.165, 1.54) is 4.57 Å². The van der Waals surface area contributed by atoms with Gasteiger partial charge in [0, 0.05) is 11.6 Å². The Bertz CT molecular complexity index is 951. The van der Waals surface area contributed by atoms with E-state index in [1.807, 2.05) is 75.4 Å². The lowest BCUT2D eigenvalue weighted by Gasteiger charge is -2.19. The maximum atomic E-state index is 12.5. The molecule has 140 valence electrons. The lowest BCUT2D eigenvalue weighted by Crippen LogP contribution is -2.26. The lowest BCUT2D eigenvalue weighted by atomic mass is 10.1. The van der Waals surface area contributed by atoms with Crippen LogP contribution in [0.5, 0.6) is 0 Å². The molecule has 0 atom stereocenters. The number of carbonyl (C=O) groups excluding carboxylic acids is 2. The Morgan fingerprint density at radius 2 is 1.63 bits per heavy atom. The predicted octanol–water partition coefficient (Wildman–Crippen LogP) is 4.71. The molecule has 0 aliphatic heterocycles. The first-order chi connectivity index (χ1) is 12.8. The highest BCUT2D eigenvalue weighted by Crippen LogP contribution is 2.23. The summed E-state index contributed by atoms with van der Waals surface area (Å²) in [6.07, 6.45) is 1.27. The Morgan fingerprint density at radius 3 is 2.33 bits per heavy atom. The summed E-state index contributed by atoms with van der Waals surface area (Å²) in [5, 5.41) is 0.833. The number of carbonyl (C=O) groups is 2. The van der Waals surface area contributed by atoms with Gasteiger partial charge in [0.15, 0.2) is 0 Å². The molecule has 1 aromatic heterocycles. The molecule has 0 unspecified atom stereocenters. The molecule has 0 spiro atoms. The molecule has 0 saturated heterocycles. The predicted molar refractivity (Wildman–Crippen MR) is 104 cm³/mol. The summed E-state index contributed by atoms with van der Waals surface area (Å²) in [4.78, 5) is 24.8. The summed E-state index contributed by atoms with van der Waals surface area (Å²) in [6.45, 7) is 5.68. The summed E-state index contributed by atoms with van der Waals surface area (Å²) < 4.78 is 12.3. The molecule has 0 aliphatic rings. The Balaban J connectivity index is 1.78. The Morgan fingerprint density at radius 1 is 0.963 bits per heavy atom. The summed E-state index contributed by atoms with van der Waals surface area (Å²) in [6, 6.07) is 17.0. The summed E-state index contributed by atoms with van der Waals surface area (Å²) in [5.41, 5.74) is 1.77. The third-order valence-corrected chi connectivity index (χ3v) is 3.96. The van der Waals surface area contributed by atoms with Crippen LogP contribution >= 0.6 is 0 Å². The molecule has 2 aromatic carbocycles. The van der Waals surface area contributed by atoms with Crippen molar-refractivity contribution in [3.8, 4) is 0 Å². The average Bonchev–Trinajstić information content (AvgIpc) is 2.98. The number of ether oxygens (including phenoxy) is 2. The number of fused-ring (bicyclic) bond motifs is 1. The molecular formula is C22H23NO4. The highest BCUT2D eigenvalue weighted by Gasteiger charge is 2.21. The van der Waals surface area contributed by atoms with E-state index in [1.54, 1.807) is 6.20 Å². The van der Waals surface area contributed by atoms with Crippen LogP contribution in [0.25, 0.3) is 10.9 Å². The number of esters is 1. The highest BCUT2D eigenvalue weighted by molar-refractivity contribution is 5.94. The van der Waals surface area contributed by atoms with Crippen molar-refractivity contribution in [2.75, 3.05) is 0 Å². The number of aromatic nitrogens is 1. The second kappa shape index (κ2) is 7.66. The van der Waals surface area contributed by atoms with E-state index in [0.717, 1.165) is 16.5 Å². The van der Waals surface area contributed by atoms with Crippen molar-refractivity contribution in [1.82, 2.24) is 4.57 Å². The van der Waals surface area contributed by atoms with E-state index in [-0.39, 0.29) is 19.0 Å². The Labute approximate surface area is 158 Å². The van der Waals surface area contributed by atoms with Crippen molar-refractivity contribution in [1.29, 1.82) is 0 Å². The fourth-order valence-electron chi connectivity index (χ4n) is 2.80. The number of rotatable bonds is 4. The molecule has 0 N–H and O–H groups in total. The van der Waals surface area contributed by atoms with E-state index in [0.29, 0.717) is 5.52 Å². The monoisotopic (exact) mass is 365 g/mol. The smallest absolute Gasteiger partial charge is 0.419 e. The van der Waals surface area contributed by atoms with Gasteiger partial charge < -0.3 is 9.47 Å². The molecule has 0 aliphatic carbocycles. The van der Waals surface area contributed by atoms with E-state index in [4.69, 9.17) is 9.47 Å². The SMILES string of the molecule is CC(C)(C)OC(=O)n1cc(CC(=O)OCc2ccccc2)c2ccccc21. The zero-order valence-electron chi connectivity index (χ0n) is 15.8. The van der Waals surface area contributed by atoms with Crippen molar-refractivity contribution in [2.45, 2.75) is 39.4 Å². The van der Waals surface area contributed by atoms with Gasteiger partial charge in [0.05, 0.1) is 11.9 Å². The minimum Gasteiger partial charge on any atom is -0.461 e. The molecule has 0 amide bonds. The third-order valence-electron chi connectivity index (χ3n) is 3.96. The van der Waals surface area contributed by atoms with Crippen LogP contribution in [0.15, 0.2) is 60.8 Å². The fourth-order valence-corrected chi connectivity index (χ4v) is 2.80. The maximum absolute atomic E-state index is 12.5. The minimum atomic E-state index is -0.600. The van der Waals surface area contributed by atoms with Crippen molar-refractivity contribution in [3.05, 3.63) is 71.9 Å². The van der Waals surface area contributed by atoms with E-state index < -0.39 is 11.7 Å². The molecular weight excluding hydrogens is 342 g/mol. The minimum absolute atomic E-state index is 0.0865. The molecule has 0 bridgehead atoms. The Hall–Kier alpha value is -3.08. The molecule has 1 heterocycles. The molecule has 3 aromatic rings. The molecule has 0 radical (unpaired) electrons. The number of benzene rings is 2. The zero-order valence-corrected chi connectivity index (χ0v) is 15.8. The summed E-state index contributed by atoms with van der Waals surface area (Å²) in [7, 11) is 0. The van der Waals surface area contributed by atoms with Crippen molar-refractivity contribution in [2.24, 2.45) is 0 Å². The van der Waals surface area contributed by atoms with Crippen LogP contribution in [0, 0.1) is 0 Å². The normalized spacial score (nSPS) is 11.4. The quantitative estimate of drug-likeness (QED) is 0.628.